The SMILES string of the molecule is Nc1cc(C(=O)O)c(Nc2cc(Cl)cc(Cl)c2)cn1. The summed E-state index contributed by atoms with van der Waals surface area (Å²) in [6, 6.07) is 6.09. The molecule has 1 aromatic carbocycles. The molecule has 19 heavy (non-hydrogen) atoms. The van der Waals surface area contributed by atoms with Gasteiger partial charge in [0.25, 0.3) is 0 Å². The third kappa shape index (κ3) is 3.27. The zero-order valence-electron chi connectivity index (χ0n) is 9.52. The number of benzene rings is 1. The second kappa shape index (κ2) is 5.34. The lowest BCUT2D eigenvalue weighted by Gasteiger charge is -2.10. The number of carbonyl (C=O) groups is 1. The van der Waals surface area contributed by atoms with Gasteiger partial charge in [-0.3, -0.25) is 0 Å². The second-order valence-corrected chi connectivity index (χ2v) is 4.62. The van der Waals surface area contributed by atoms with Gasteiger partial charge in [-0.25, -0.2) is 9.78 Å². The molecule has 4 N–H and O–H groups in total. The molecule has 0 aliphatic rings. The van der Waals surface area contributed by atoms with E-state index in [1.165, 1.54) is 12.3 Å². The van der Waals surface area contributed by atoms with E-state index in [2.05, 4.69) is 10.3 Å². The van der Waals surface area contributed by atoms with Gasteiger partial charge in [0.2, 0.25) is 0 Å². The van der Waals surface area contributed by atoms with Crippen LogP contribution in [0.2, 0.25) is 10.0 Å². The third-order valence-corrected chi connectivity index (χ3v) is 2.73. The Kier molecular flexibility index (Phi) is 3.78. The number of rotatable bonds is 3. The summed E-state index contributed by atoms with van der Waals surface area (Å²) in [4.78, 5) is 15.0. The van der Waals surface area contributed by atoms with E-state index in [-0.39, 0.29) is 11.4 Å². The highest BCUT2D eigenvalue weighted by molar-refractivity contribution is 6.35. The van der Waals surface area contributed by atoms with Crippen molar-refractivity contribution >= 4 is 46.4 Å². The molecule has 7 heteroatoms. The summed E-state index contributed by atoms with van der Waals surface area (Å²) in [7, 11) is 0. The van der Waals surface area contributed by atoms with Crippen molar-refractivity contribution in [2.75, 3.05) is 11.1 Å². The van der Waals surface area contributed by atoms with Crippen LogP contribution in [0.1, 0.15) is 10.4 Å². The van der Waals surface area contributed by atoms with Crippen LogP contribution >= 0.6 is 23.2 Å². The van der Waals surface area contributed by atoms with E-state index >= 15 is 0 Å². The molecule has 0 fully saturated rings. The van der Waals surface area contributed by atoms with Gasteiger partial charge < -0.3 is 16.2 Å². The van der Waals surface area contributed by atoms with Crippen molar-refractivity contribution in [2.24, 2.45) is 0 Å². The number of halogens is 2. The number of nitrogens with two attached hydrogens (primary N) is 1. The highest BCUT2D eigenvalue weighted by atomic mass is 35.5. The van der Waals surface area contributed by atoms with Gasteiger partial charge in [0.1, 0.15) is 5.82 Å². The molecule has 2 aromatic rings. The van der Waals surface area contributed by atoms with Crippen LogP contribution in [0.15, 0.2) is 30.5 Å². The molecule has 1 heterocycles. The fraction of sp³-hybridized carbons (Fsp3) is 0. The molecule has 0 saturated heterocycles. The zero-order valence-corrected chi connectivity index (χ0v) is 11.0. The van der Waals surface area contributed by atoms with Crippen molar-refractivity contribution in [2.45, 2.75) is 0 Å². The van der Waals surface area contributed by atoms with Gasteiger partial charge in [0.15, 0.2) is 0 Å². The first-order valence-corrected chi connectivity index (χ1v) is 5.93. The maximum atomic E-state index is 11.1. The van der Waals surface area contributed by atoms with Gasteiger partial charge in [0, 0.05) is 15.7 Å². The van der Waals surface area contributed by atoms with Crippen molar-refractivity contribution in [1.29, 1.82) is 0 Å². The monoisotopic (exact) mass is 297 g/mol. The minimum absolute atomic E-state index is 0.0172. The van der Waals surface area contributed by atoms with Gasteiger partial charge in [-0.15, -0.1) is 0 Å². The van der Waals surface area contributed by atoms with Crippen molar-refractivity contribution < 1.29 is 9.90 Å². The van der Waals surface area contributed by atoms with E-state index in [1.807, 2.05) is 0 Å². The summed E-state index contributed by atoms with van der Waals surface area (Å²) < 4.78 is 0. The Labute approximate surface area is 119 Å². The molecular formula is C12H9Cl2N3O2. The fourth-order valence-corrected chi connectivity index (χ4v) is 2.06. The molecule has 5 nitrogen and oxygen atoms in total. The van der Waals surface area contributed by atoms with Crippen LogP contribution in [0, 0.1) is 0 Å². The lowest BCUT2D eigenvalue weighted by atomic mass is 10.2. The molecule has 0 aliphatic carbocycles. The lowest BCUT2D eigenvalue weighted by Crippen LogP contribution is -2.05. The highest BCUT2D eigenvalue weighted by Crippen LogP contribution is 2.27. The van der Waals surface area contributed by atoms with E-state index in [9.17, 15) is 4.79 Å². The van der Waals surface area contributed by atoms with E-state index in [4.69, 9.17) is 34.0 Å². The first-order valence-electron chi connectivity index (χ1n) is 5.17. The number of nitrogen functional groups attached to an aromatic ring is 1. The number of hydrogen-bond acceptors (Lipinski definition) is 4. The molecule has 0 bridgehead atoms. The molecule has 0 unspecified atom stereocenters. The topological polar surface area (TPSA) is 88.2 Å². The van der Waals surface area contributed by atoms with E-state index < -0.39 is 5.97 Å². The summed E-state index contributed by atoms with van der Waals surface area (Å²) in [6.07, 6.45) is 1.34. The molecule has 0 aliphatic heterocycles. The second-order valence-electron chi connectivity index (χ2n) is 3.74. The lowest BCUT2D eigenvalue weighted by molar-refractivity contribution is 0.0698. The van der Waals surface area contributed by atoms with Crippen LogP contribution in [-0.4, -0.2) is 16.1 Å². The highest BCUT2D eigenvalue weighted by Gasteiger charge is 2.12. The fourth-order valence-electron chi connectivity index (χ4n) is 1.53. The minimum atomic E-state index is -1.11. The molecule has 0 amide bonds. The summed E-state index contributed by atoms with van der Waals surface area (Å²) in [5, 5.41) is 12.9. The summed E-state index contributed by atoms with van der Waals surface area (Å²) >= 11 is 11.7. The maximum absolute atomic E-state index is 11.1. The molecule has 0 radical (unpaired) electrons. The van der Waals surface area contributed by atoms with E-state index in [0.717, 1.165) is 0 Å². The number of hydrogen-bond donors (Lipinski definition) is 3. The average Bonchev–Trinajstić information content (AvgIpc) is 2.30. The van der Waals surface area contributed by atoms with Gasteiger partial charge in [-0.1, -0.05) is 23.2 Å². The van der Waals surface area contributed by atoms with Crippen LogP contribution in [0.5, 0.6) is 0 Å². The van der Waals surface area contributed by atoms with E-state index in [1.54, 1.807) is 18.2 Å². The first kappa shape index (κ1) is 13.5. The number of carboxylic acid groups (broad SMARTS) is 1. The predicted molar refractivity (Wildman–Crippen MR) is 75.4 cm³/mol. The number of nitrogens with zero attached hydrogens (tertiary/aromatic N) is 1. The summed E-state index contributed by atoms with van der Waals surface area (Å²) in [5.41, 5.74) is 6.35. The van der Waals surface area contributed by atoms with Crippen LogP contribution in [0.25, 0.3) is 0 Å². The third-order valence-electron chi connectivity index (χ3n) is 2.30. The van der Waals surface area contributed by atoms with Gasteiger partial charge in [-0.05, 0) is 24.3 Å². The Morgan fingerprint density at radius 3 is 2.42 bits per heavy atom. The smallest absolute Gasteiger partial charge is 0.338 e. The number of aromatic carboxylic acids is 1. The maximum Gasteiger partial charge on any atom is 0.338 e. The molecule has 0 spiro atoms. The molecule has 0 atom stereocenters. The zero-order chi connectivity index (χ0) is 14.0. The van der Waals surface area contributed by atoms with Crippen LogP contribution in [0.3, 0.4) is 0 Å². The number of nitrogens with one attached hydrogen (secondary N) is 1. The molecular weight excluding hydrogens is 289 g/mol. The molecule has 0 saturated carbocycles. The van der Waals surface area contributed by atoms with Gasteiger partial charge in [-0.2, -0.15) is 0 Å². The number of pyridine rings is 1. The Morgan fingerprint density at radius 2 is 1.84 bits per heavy atom. The molecule has 1 aromatic heterocycles. The van der Waals surface area contributed by atoms with Crippen molar-refractivity contribution in [1.82, 2.24) is 4.98 Å². The Hall–Kier alpha value is -1.98. The Bertz CT molecular complexity index is 627. The quantitative estimate of drug-likeness (QED) is 0.808. The predicted octanol–water partition coefficient (Wildman–Crippen LogP) is 3.41. The van der Waals surface area contributed by atoms with Gasteiger partial charge in [0.05, 0.1) is 17.4 Å². The normalized spacial score (nSPS) is 10.2. The Balaban J connectivity index is 2.40. The van der Waals surface area contributed by atoms with Crippen molar-refractivity contribution in [3.63, 3.8) is 0 Å². The van der Waals surface area contributed by atoms with E-state index in [0.29, 0.717) is 21.4 Å². The van der Waals surface area contributed by atoms with Gasteiger partial charge >= 0.3 is 5.97 Å². The molecule has 2 rings (SSSR count). The number of carboxylic acids is 1. The van der Waals surface area contributed by atoms with Crippen LogP contribution < -0.4 is 11.1 Å². The minimum Gasteiger partial charge on any atom is -0.478 e. The Morgan fingerprint density at radius 1 is 1.21 bits per heavy atom. The van der Waals surface area contributed by atoms with Crippen LogP contribution in [-0.2, 0) is 0 Å². The average molecular weight is 298 g/mol. The number of anilines is 3. The standard InChI is InChI=1S/C12H9Cl2N3O2/c13-6-1-7(14)3-8(2-6)17-10-5-16-11(15)4-9(10)12(18)19/h1-5,17H,(H2,15,16)(H,18,19). The van der Waals surface area contributed by atoms with Crippen LogP contribution in [0.4, 0.5) is 17.2 Å². The summed E-state index contributed by atoms with van der Waals surface area (Å²) in [6.45, 7) is 0. The summed E-state index contributed by atoms with van der Waals surface area (Å²) in [5.74, 6) is -0.975. The number of aromatic nitrogens is 1. The van der Waals surface area contributed by atoms with Crippen molar-refractivity contribution in [3.05, 3.63) is 46.1 Å². The molecule has 98 valence electrons. The van der Waals surface area contributed by atoms with Crippen molar-refractivity contribution in [3.8, 4) is 0 Å². The largest absolute Gasteiger partial charge is 0.478 e. The first-order chi connectivity index (χ1) is 8.95.